The van der Waals surface area contributed by atoms with Gasteiger partial charge in [0.1, 0.15) is 0 Å². The van der Waals surface area contributed by atoms with Gasteiger partial charge in [0.25, 0.3) is 5.91 Å². The number of carbonyl (C=O) groups excluding carboxylic acids is 1. The molecule has 4 heteroatoms. The van der Waals surface area contributed by atoms with Gasteiger partial charge in [0.15, 0.2) is 0 Å². The summed E-state index contributed by atoms with van der Waals surface area (Å²) in [4.78, 5) is 14.2. The van der Waals surface area contributed by atoms with Crippen molar-refractivity contribution in [1.29, 1.82) is 0 Å². The number of benzene rings is 1. The van der Waals surface area contributed by atoms with Crippen molar-refractivity contribution in [3.05, 3.63) is 34.9 Å². The predicted octanol–water partition coefficient (Wildman–Crippen LogP) is 1.02. The molecule has 20 heavy (non-hydrogen) atoms. The summed E-state index contributed by atoms with van der Waals surface area (Å²) in [6.45, 7) is 3.37. The first-order valence-corrected chi connectivity index (χ1v) is 6.68. The van der Waals surface area contributed by atoms with Crippen LogP contribution in [0.15, 0.2) is 18.2 Å². The third kappa shape index (κ3) is 5.43. The number of aryl methyl sites for hydroxylation is 1. The van der Waals surface area contributed by atoms with Crippen molar-refractivity contribution in [2.45, 2.75) is 13.3 Å². The Morgan fingerprint density at radius 2 is 2.15 bits per heavy atom. The lowest BCUT2D eigenvalue weighted by atomic mass is 10.0. The van der Waals surface area contributed by atoms with E-state index >= 15 is 0 Å². The van der Waals surface area contributed by atoms with E-state index in [1.807, 2.05) is 44.1 Å². The highest BCUT2D eigenvalue weighted by atomic mass is 16.2. The van der Waals surface area contributed by atoms with Crippen LogP contribution in [0, 0.1) is 18.8 Å². The van der Waals surface area contributed by atoms with Crippen molar-refractivity contribution in [1.82, 2.24) is 10.2 Å². The predicted molar refractivity (Wildman–Crippen MR) is 80.6 cm³/mol. The molecule has 1 aromatic rings. The summed E-state index contributed by atoms with van der Waals surface area (Å²) < 4.78 is 0. The van der Waals surface area contributed by atoms with Gasteiger partial charge in [-0.05, 0) is 33.2 Å². The van der Waals surface area contributed by atoms with E-state index in [2.05, 4.69) is 17.2 Å². The molecule has 0 aromatic heterocycles. The third-order valence-corrected chi connectivity index (χ3v) is 2.72. The zero-order valence-electron chi connectivity index (χ0n) is 12.4. The van der Waals surface area contributed by atoms with Gasteiger partial charge in [-0.25, -0.2) is 0 Å². The van der Waals surface area contributed by atoms with Crippen LogP contribution in [0.3, 0.4) is 0 Å². The molecule has 0 saturated carbocycles. The fraction of sp³-hybridized carbons (Fsp3) is 0.438. The van der Waals surface area contributed by atoms with Crippen LogP contribution >= 0.6 is 0 Å². The van der Waals surface area contributed by atoms with Gasteiger partial charge in [-0.3, -0.25) is 4.79 Å². The van der Waals surface area contributed by atoms with Crippen LogP contribution in [0.1, 0.15) is 27.9 Å². The van der Waals surface area contributed by atoms with Crippen LogP contribution in [0.2, 0.25) is 0 Å². The maximum atomic E-state index is 12.2. The van der Waals surface area contributed by atoms with E-state index in [1.54, 1.807) is 0 Å². The number of nitrogens with zero attached hydrogens (tertiary/aromatic N) is 1. The van der Waals surface area contributed by atoms with Crippen molar-refractivity contribution in [3.8, 4) is 11.8 Å². The molecule has 0 atom stereocenters. The fourth-order valence-electron chi connectivity index (χ4n) is 1.66. The lowest BCUT2D eigenvalue weighted by Crippen LogP contribution is -2.31. The van der Waals surface area contributed by atoms with Crippen LogP contribution in [0.5, 0.6) is 0 Å². The van der Waals surface area contributed by atoms with Gasteiger partial charge in [-0.1, -0.05) is 23.5 Å². The van der Waals surface area contributed by atoms with Crippen LogP contribution in [-0.2, 0) is 0 Å². The second kappa shape index (κ2) is 8.36. The second-order valence-corrected chi connectivity index (χ2v) is 4.88. The van der Waals surface area contributed by atoms with Gasteiger partial charge in [-0.15, -0.1) is 0 Å². The molecule has 108 valence electrons. The molecule has 0 heterocycles. The minimum absolute atomic E-state index is 0.0310. The summed E-state index contributed by atoms with van der Waals surface area (Å²) in [6.07, 6.45) is 0.412. The minimum Gasteiger partial charge on any atom is -0.395 e. The Morgan fingerprint density at radius 1 is 1.40 bits per heavy atom. The Balaban J connectivity index is 2.83. The molecule has 0 fully saturated rings. The number of aliphatic hydroxyl groups excluding tert-OH is 1. The second-order valence-electron chi connectivity index (χ2n) is 4.88. The third-order valence-electron chi connectivity index (χ3n) is 2.72. The molecule has 1 rings (SSSR count). The first-order chi connectivity index (χ1) is 9.54. The topological polar surface area (TPSA) is 52.6 Å². The Hall–Kier alpha value is -1.83. The zero-order valence-corrected chi connectivity index (χ0v) is 12.4. The Bertz CT molecular complexity index is 513. The molecule has 2 N–H and O–H groups in total. The van der Waals surface area contributed by atoms with E-state index in [-0.39, 0.29) is 12.5 Å². The lowest BCUT2D eigenvalue weighted by molar-refractivity contribution is 0.0950. The van der Waals surface area contributed by atoms with E-state index in [9.17, 15) is 4.79 Å². The number of hydrogen-bond donors (Lipinski definition) is 2. The summed E-state index contributed by atoms with van der Waals surface area (Å²) in [5.41, 5.74) is 2.32. The van der Waals surface area contributed by atoms with Gasteiger partial charge in [0.05, 0.1) is 12.2 Å². The molecule has 1 aromatic carbocycles. The number of likely N-dealkylation sites (N-methyl/N-ethyl adjacent to an activating group) is 1. The molecule has 0 saturated heterocycles. The van der Waals surface area contributed by atoms with Gasteiger partial charge >= 0.3 is 0 Å². The van der Waals surface area contributed by atoms with Gasteiger partial charge in [0, 0.05) is 25.1 Å². The highest BCUT2D eigenvalue weighted by Gasteiger charge is 2.10. The van der Waals surface area contributed by atoms with E-state index in [0.717, 1.165) is 12.1 Å². The molecule has 1 amide bonds. The average molecular weight is 274 g/mol. The molecular weight excluding hydrogens is 252 g/mol. The number of rotatable bonds is 5. The number of carbonyl (C=O) groups is 1. The molecule has 0 aliphatic carbocycles. The van der Waals surface area contributed by atoms with Gasteiger partial charge < -0.3 is 15.3 Å². The Morgan fingerprint density at radius 3 is 2.80 bits per heavy atom. The minimum atomic E-state index is -0.108. The number of aliphatic hydroxyl groups is 1. The number of nitrogens with one attached hydrogen (secondary N) is 1. The monoisotopic (exact) mass is 274 g/mol. The number of amides is 1. The van der Waals surface area contributed by atoms with Crippen molar-refractivity contribution in [3.63, 3.8) is 0 Å². The normalized spacial score (nSPS) is 10.1. The summed E-state index contributed by atoms with van der Waals surface area (Å²) in [5.74, 6) is 5.68. The molecule has 0 aliphatic heterocycles. The SMILES string of the molecule is Cc1ccc(C#CCCO)c(C(=O)NCCN(C)C)c1. The molecular formula is C16H22N2O2. The summed E-state index contributed by atoms with van der Waals surface area (Å²) in [6, 6.07) is 5.62. The van der Waals surface area contributed by atoms with Crippen LogP contribution in [0.4, 0.5) is 0 Å². The number of hydrogen-bond acceptors (Lipinski definition) is 3. The molecule has 0 spiro atoms. The molecule has 0 radical (unpaired) electrons. The van der Waals surface area contributed by atoms with Crippen molar-refractivity contribution in [2.75, 3.05) is 33.8 Å². The van der Waals surface area contributed by atoms with Gasteiger partial charge in [-0.2, -0.15) is 0 Å². The molecule has 0 aliphatic rings. The Labute approximate surface area is 120 Å². The van der Waals surface area contributed by atoms with Crippen molar-refractivity contribution < 1.29 is 9.90 Å². The van der Waals surface area contributed by atoms with Crippen molar-refractivity contribution >= 4 is 5.91 Å². The highest BCUT2D eigenvalue weighted by molar-refractivity contribution is 5.96. The van der Waals surface area contributed by atoms with E-state index in [0.29, 0.717) is 24.1 Å². The highest BCUT2D eigenvalue weighted by Crippen LogP contribution is 2.11. The first-order valence-electron chi connectivity index (χ1n) is 6.68. The first kappa shape index (κ1) is 16.2. The Kier molecular flexibility index (Phi) is 6.78. The smallest absolute Gasteiger partial charge is 0.252 e. The maximum Gasteiger partial charge on any atom is 0.252 e. The summed E-state index contributed by atoms with van der Waals surface area (Å²) in [5, 5.41) is 11.6. The molecule has 0 bridgehead atoms. The lowest BCUT2D eigenvalue weighted by Gasteiger charge is -2.11. The van der Waals surface area contributed by atoms with Crippen LogP contribution in [-0.4, -0.2) is 49.7 Å². The standard InChI is InChI=1S/C16H22N2O2/c1-13-7-8-14(6-4-5-11-19)15(12-13)16(20)17-9-10-18(2)3/h7-8,12,19H,5,9-11H2,1-3H3,(H,17,20). The summed E-state index contributed by atoms with van der Waals surface area (Å²) in [7, 11) is 3.93. The van der Waals surface area contributed by atoms with Crippen LogP contribution in [0.25, 0.3) is 0 Å². The van der Waals surface area contributed by atoms with E-state index in [1.165, 1.54) is 0 Å². The van der Waals surface area contributed by atoms with E-state index in [4.69, 9.17) is 5.11 Å². The largest absolute Gasteiger partial charge is 0.395 e. The van der Waals surface area contributed by atoms with Gasteiger partial charge in [0.2, 0.25) is 0 Å². The van der Waals surface area contributed by atoms with Crippen molar-refractivity contribution in [2.24, 2.45) is 0 Å². The maximum absolute atomic E-state index is 12.2. The van der Waals surface area contributed by atoms with E-state index < -0.39 is 0 Å². The molecule has 0 unspecified atom stereocenters. The summed E-state index contributed by atoms with van der Waals surface area (Å²) >= 11 is 0. The molecule has 4 nitrogen and oxygen atoms in total. The average Bonchev–Trinajstić information content (AvgIpc) is 2.40. The fourth-order valence-corrected chi connectivity index (χ4v) is 1.66. The van der Waals surface area contributed by atoms with Crippen LogP contribution < -0.4 is 5.32 Å². The quantitative estimate of drug-likeness (QED) is 0.788. The zero-order chi connectivity index (χ0) is 15.0.